The lowest BCUT2D eigenvalue weighted by Crippen LogP contribution is -2.36. The predicted molar refractivity (Wildman–Crippen MR) is 71.6 cm³/mol. The minimum atomic E-state index is -0.250. The van der Waals surface area contributed by atoms with E-state index in [1.165, 1.54) is 12.1 Å². The second-order valence-electron chi connectivity index (χ2n) is 5.15. The zero-order valence-corrected chi connectivity index (χ0v) is 11.2. The van der Waals surface area contributed by atoms with Crippen molar-refractivity contribution >= 4 is 11.0 Å². The highest BCUT2D eigenvalue weighted by molar-refractivity contribution is 5.76. The number of fused-ring (bicyclic) bond motifs is 1. The molecule has 1 aliphatic heterocycles. The molecule has 0 aliphatic carbocycles. The van der Waals surface area contributed by atoms with Gasteiger partial charge in [0.15, 0.2) is 0 Å². The molecular weight excluding hydrogens is 245 g/mol. The monoisotopic (exact) mass is 263 g/mol. The lowest BCUT2D eigenvalue weighted by molar-refractivity contribution is 0.0729. The Hall–Kier alpha value is -1.46. The molecule has 1 aliphatic rings. The lowest BCUT2D eigenvalue weighted by atomic mass is 10.2. The molecule has 1 unspecified atom stereocenters. The van der Waals surface area contributed by atoms with Crippen LogP contribution in [-0.4, -0.2) is 29.3 Å². The van der Waals surface area contributed by atoms with Gasteiger partial charge in [-0.15, -0.1) is 0 Å². The van der Waals surface area contributed by atoms with Crippen molar-refractivity contribution in [1.82, 2.24) is 14.9 Å². The summed E-state index contributed by atoms with van der Waals surface area (Å²) in [7, 11) is 0. The normalized spacial score (nSPS) is 20.3. The van der Waals surface area contributed by atoms with E-state index in [0.717, 1.165) is 24.5 Å². The molecule has 1 atom stereocenters. The second-order valence-corrected chi connectivity index (χ2v) is 5.15. The highest BCUT2D eigenvalue weighted by atomic mass is 19.1. The fraction of sp³-hybridized carbons (Fsp3) is 0.500. The molecule has 0 spiro atoms. The predicted octanol–water partition coefficient (Wildman–Crippen LogP) is 2.42. The van der Waals surface area contributed by atoms with E-state index in [9.17, 15) is 4.39 Å². The maximum absolute atomic E-state index is 13.3. The zero-order chi connectivity index (χ0) is 13.4. The van der Waals surface area contributed by atoms with Gasteiger partial charge in [-0.2, -0.15) is 0 Å². The number of morpholine rings is 1. The Balaban J connectivity index is 2.13. The smallest absolute Gasteiger partial charge is 0.129 e. The van der Waals surface area contributed by atoms with Crippen LogP contribution < -0.4 is 5.32 Å². The number of nitrogens with one attached hydrogen (secondary N) is 1. The SMILES string of the molecule is CC(C)n1c(C2COCCN2)nc2cc(F)ccc21. The summed E-state index contributed by atoms with van der Waals surface area (Å²) in [6.07, 6.45) is 0. The third kappa shape index (κ3) is 2.24. The van der Waals surface area contributed by atoms with Crippen LogP contribution in [0.25, 0.3) is 11.0 Å². The van der Waals surface area contributed by atoms with Crippen LogP contribution >= 0.6 is 0 Å². The average Bonchev–Trinajstić information content (AvgIpc) is 2.78. The van der Waals surface area contributed by atoms with Crippen molar-refractivity contribution in [1.29, 1.82) is 0 Å². The van der Waals surface area contributed by atoms with E-state index in [0.29, 0.717) is 12.1 Å². The summed E-state index contributed by atoms with van der Waals surface area (Å²) < 4.78 is 21.0. The Morgan fingerprint density at radius 2 is 2.32 bits per heavy atom. The minimum Gasteiger partial charge on any atom is -0.378 e. The fourth-order valence-electron chi connectivity index (χ4n) is 2.61. The highest BCUT2D eigenvalue weighted by Crippen LogP contribution is 2.26. The second kappa shape index (κ2) is 4.90. The summed E-state index contributed by atoms with van der Waals surface area (Å²) in [6.45, 7) is 6.38. The third-order valence-electron chi connectivity index (χ3n) is 3.43. The third-order valence-corrected chi connectivity index (χ3v) is 3.43. The molecule has 0 amide bonds. The molecule has 1 saturated heterocycles. The number of nitrogens with zero attached hydrogens (tertiary/aromatic N) is 2. The van der Waals surface area contributed by atoms with Crippen molar-refractivity contribution in [2.24, 2.45) is 0 Å². The van der Waals surface area contributed by atoms with E-state index in [4.69, 9.17) is 4.74 Å². The van der Waals surface area contributed by atoms with E-state index in [1.807, 2.05) is 0 Å². The zero-order valence-electron chi connectivity index (χ0n) is 11.2. The van der Waals surface area contributed by atoms with Gasteiger partial charge in [0, 0.05) is 18.7 Å². The first-order chi connectivity index (χ1) is 9.16. The van der Waals surface area contributed by atoms with Crippen molar-refractivity contribution in [2.45, 2.75) is 25.9 Å². The summed E-state index contributed by atoms with van der Waals surface area (Å²) in [4.78, 5) is 4.60. The van der Waals surface area contributed by atoms with Gasteiger partial charge < -0.3 is 14.6 Å². The number of halogens is 1. The number of imidazole rings is 1. The summed E-state index contributed by atoms with van der Waals surface area (Å²) in [6, 6.07) is 5.12. The summed E-state index contributed by atoms with van der Waals surface area (Å²) in [5.41, 5.74) is 1.68. The summed E-state index contributed by atoms with van der Waals surface area (Å²) >= 11 is 0. The molecule has 1 aromatic carbocycles. The Morgan fingerprint density at radius 3 is 3.00 bits per heavy atom. The molecule has 0 bridgehead atoms. The number of aromatic nitrogens is 2. The minimum absolute atomic E-state index is 0.0756. The Labute approximate surface area is 111 Å². The molecule has 1 aromatic heterocycles. The molecule has 5 heteroatoms. The lowest BCUT2D eigenvalue weighted by Gasteiger charge is -2.25. The van der Waals surface area contributed by atoms with Crippen molar-refractivity contribution in [3.8, 4) is 0 Å². The number of hydrogen-bond donors (Lipinski definition) is 1. The Bertz CT molecular complexity index is 588. The molecule has 1 N–H and O–H groups in total. The van der Waals surface area contributed by atoms with Gasteiger partial charge in [0.05, 0.1) is 30.3 Å². The van der Waals surface area contributed by atoms with Crippen molar-refractivity contribution in [3.63, 3.8) is 0 Å². The van der Waals surface area contributed by atoms with Gasteiger partial charge in [-0.25, -0.2) is 9.37 Å². The van der Waals surface area contributed by atoms with Crippen molar-refractivity contribution < 1.29 is 9.13 Å². The standard InChI is InChI=1S/C14H18FN3O/c1-9(2)18-13-4-3-10(15)7-11(13)17-14(18)12-8-19-6-5-16-12/h3-4,7,9,12,16H,5-6,8H2,1-2H3. The van der Waals surface area contributed by atoms with Crippen LogP contribution in [0.3, 0.4) is 0 Å². The quantitative estimate of drug-likeness (QED) is 0.904. The number of ether oxygens (including phenoxy) is 1. The Kier molecular flexibility index (Phi) is 3.24. The van der Waals surface area contributed by atoms with Gasteiger partial charge in [0.2, 0.25) is 0 Å². The number of hydrogen-bond acceptors (Lipinski definition) is 3. The maximum Gasteiger partial charge on any atom is 0.129 e. The van der Waals surface area contributed by atoms with Crippen LogP contribution in [0.5, 0.6) is 0 Å². The van der Waals surface area contributed by atoms with Gasteiger partial charge in [-0.05, 0) is 26.0 Å². The molecule has 0 radical (unpaired) electrons. The molecule has 0 saturated carbocycles. The average molecular weight is 263 g/mol. The van der Waals surface area contributed by atoms with Crippen LogP contribution in [-0.2, 0) is 4.74 Å². The number of rotatable bonds is 2. The van der Waals surface area contributed by atoms with Crippen LogP contribution in [0.2, 0.25) is 0 Å². The van der Waals surface area contributed by atoms with E-state index in [-0.39, 0.29) is 17.9 Å². The van der Waals surface area contributed by atoms with Crippen LogP contribution in [0, 0.1) is 5.82 Å². The molecule has 4 nitrogen and oxygen atoms in total. The number of benzene rings is 1. The van der Waals surface area contributed by atoms with Crippen LogP contribution in [0.4, 0.5) is 4.39 Å². The van der Waals surface area contributed by atoms with Crippen molar-refractivity contribution in [2.75, 3.05) is 19.8 Å². The first-order valence-corrected chi connectivity index (χ1v) is 6.65. The highest BCUT2D eigenvalue weighted by Gasteiger charge is 2.23. The van der Waals surface area contributed by atoms with Gasteiger partial charge >= 0.3 is 0 Å². The first-order valence-electron chi connectivity index (χ1n) is 6.65. The molecule has 1 fully saturated rings. The molecule has 2 heterocycles. The molecular formula is C14H18FN3O. The van der Waals surface area contributed by atoms with Gasteiger partial charge in [-0.1, -0.05) is 0 Å². The molecule has 2 aromatic rings. The molecule has 19 heavy (non-hydrogen) atoms. The molecule has 3 rings (SSSR count). The van der Waals surface area contributed by atoms with Gasteiger partial charge in [0.25, 0.3) is 0 Å². The summed E-state index contributed by atoms with van der Waals surface area (Å²) in [5, 5.41) is 3.40. The molecule has 102 valence electrons. The van der Waals surface area contributed by atoms with Gasteiger partial charge in [-0.3, -0.25) is 0 Å². The maximum atomic E-state index is 13.3. The van der Waals surface area contributed by atoms with E-state index < -0.39 is 0 Å². The Morgan fingerprint density at radius 1 is 1.47 bits per heavy atom. The topological polar surface area (TPSA) is 39.1 Å². The van der Waals surface area contributed by atoms with E-state index >= 15 is 0 Å². The van der Waals surface area contributed by atoms with Gasteiger partial charge in [0.1, 0.15) is 11.6 Å². The largest absolute Gasteiger partial charge is 0.378 e. The van der Waals surface area contributed by atoms with Crippen molar-refractivity contribution in [3.05, 3.63) is 29.8 Å². The van der Waals surface area contributed by atoms with Crippen LogP contribution in [0.15, 0.2) is 18.2 Å². The van der Waals surface area contributed by atoms with E-state index in [2.05, 4.69) is 28.7 Å². The fourth-order valence-corrected chi connectivity index (χ4v) is 2.61. The summed E-state index contributed by atoms with van der Waals surface area (Å²) in [5.74, 6) is 0.676. The van der Waals surface area contributed by atoms with E-state index in [1.54, 1.807) is 6.07 Å². The van der Waals surface area contributed by atoms with Crippen LogP contribution in [0.1, 0.15) is 31.8 Å². The first kappa shape index (κ1) is 12.6.